The highest BCUT2D eigenvalue weighted by Crippen LogP contribution is 2.51. The number of hydrogen-bond donors (Lipinski definition) is 1. The molecule has 1 unspecified atom stereocenters. The lowest BCUT2D eigenvalue weighted by molar-refractivity contribution is -0.154. The van der Waals surface area contributed by atoms with Crippen LogP contribution in [0.4, 0.5) is 10.5 Å². The molecule has 1 N–H and O–H groups in total. The summed E-state index contributed by atoms with van der Waals surface area (Å²) in [6, 6.07) is 10.1. The topological polar surface area (TPSA) is 136 Å². The number of rotatable bonds is 18. The molecule has 5 aliphatic heterocycles. The van der Waals surface area contributed by atoms with Gasteiger partial charge < -0.3 is 38.4 Å². The van der Waals surface area contributed by atoms with Crippen molar-refractivity contribution in [2.75, 3.05) is 63.9 Å². The molecule has 69 heavy (non-hydrogen) atoms. The van der Waals surface area contributed by atoms with Crippen LogP contribution >= 0.6 is 7.60 Å². The number of nitrogens with one attached hydrogen (secondary N) is 1. The Balaban J connectivity index is 1.23. The molecule has 13 nitrogen and oxygen atoms in total. The zero-order chi connectivity index (χ0) is 49.1. The highest BCUT2D eigenvalue weighted by Gasteiger charge is 2.38. The molecular formula is C55H76N4O9P+. The number of esters is 1. The Bertz CT molecular complexity index is 2580. The summed E-state index contributed by atoms with van der Waals surface area (Å²) in [4.78, 5) is 44.1. The Morgan fingerprint density at radius 3 is 2.13 bits per heavy atom. The Labute approximate surface area is 409 Å². The van der Waals surface area contributed by atoms with Gasteiger partial charge in [0.1, 0.15) is 35.8 Å². The molecule has 3 aromatic carbocycles. The molecule has 2 amide bonds. The van der Waals surface area contributed by atoms with Gasteiger partial charge in [0.2, 0.25) is 5.36 Å². The predicted octanol–water partition coefficient (Wildman–Crippen LogP) is 8.66. The number of fused-ring (bicyclic) bond motifs is 4. The van der Waals surface area contributed by atoms with Crippen LogP contribution in [-0.2, 0) is 53.6 Å². The number of benzene rings is 3. The molecule has 0 aromatic heterocycles. The number of ether oxygens (including phenoxy) is 3. The van der Waals surface area contributed by atoms with E-state index in [2.05, 4.69) is 26.9 Å². The molecule has 1 atom stereocenters. The van der Waals surface area contributed by atoms with E-state index in [1.165, 1.54) is 33.3 Å². The zero-order valence-corrected chi connectivity index (χ0v) is 43.5. The first-order valence-corrected chi connectivity index (χ1v) is 27.5. The number of carbonyl (C=O) groups excluding carboxylic acids is 3. The van der Waals surface area contributed by atoms with Crippen LogP contribution in [0.2, 0.25) is 0 Å². The van der Waals surface area contributed by atoms with Crippen LogP contribution in [-0.4, -0.2) is 93.1 Å². The number of nitrogens with zero attached hydrogens (tertiary/aromatic N) is 3. The highest BCUT2D eigenvalue weighted by atomic mass is 31.2. The van der Waals surface area contributed by atoms with Gasteiger partial charge in [-0.2, -0.15) is 0 Å². The molecule has 374 valence electrons. The molecule has 0 radical (unpaired) electrons. The summed E-state index contributed by atoms with van der Waals surface area (Å²) < 4.78 is 49.2. The molecule has 0 saturated heterocycles. The maximum atomic E-state index is 15.6. The quantitative estimate of drug-likeness (QED) is 0.0447. The highest BCUT2D eigenvalue weighted by molar-refractivity contribution is 7.62. The van der Waals surface area contributed by atoms with E-state index >= 15 is 4.57 Å². The van der Waals surface area contributed by atoms with Crippen molar-refractivity contribution >= 4 is 42.1 Å². The molecule has 3 aromatic rings. The van der Waals surface area contributed by atoms with Gasteiger partial charge in [-0.05, 0) is 161 Å². The van der Waals surface area contributed by atoms with E-state index < -0.39 is 24.9 Å². The van der Waals surface area contributed by atoms with Gasteiger partial charge in [-0.1, -0.05) is 6.42 Å². The van der Waals surface area contributed by atoms with Gasteiger partial charge in [-0.15, -0.1) is 0 Å². The molecule has 0 aliphatic carbocycles. The maximum absolute atomic E-state index is 15.6. The summed E-state index contributed by atoms with van der Waals surface area (Å²) in [7, 11) is -4.05. The molecule has 14 heteroatoms. The minimum absolute atomic E-state index is 0.0984. The van der Waals surface area contributed by atoms with E-state index in [4.69, 9.17) is 23.3 Å². The number of amides is 2. The van der Waals surface area contributed by atoms with Crippen molar-refractivity contribution in [3.63, 3.8) is 0 Å². The van der Waals surface area contributed by atoms with E-state index in [1.54, 1.807) is 6.07 Å². The minimum Gasteiger partial charge on any atom is -0.460 e. The third-order valence-electron chi connectivity index (χ3n) is 13.8. The van der Waals surface area contributed by atoms with Gasteiger partial charge in [-0.25, -0.2) is 9.37 Å². The van der Waals surface area contributed by atoms with Crippen LogP contribution in [0.1, 0.15) is 163 Å². The first-order valence-electron chi connectivity index (χ1n) is 25.9. The summed E-state index contributed by atoms with van der Waals surface area (Å²) in [6.45, 7) is 20.8. The second-order valence-electron chi connectivity index (χ2n) is 21.2. The number of alkyl carbamates (subject to hydrolysis) is 1. The fraction of sp³-hybridized carbons (Fsp3) is 0.600. The third kappa shape index (κ3) is 11.4. The number of aryl methyl sites for hydroxylation is 2. The standard InChI is InChI=1S/C55H75N4O9P/c1-9-57(10-2)52(61)40-26-25-39(69(63,64-32-14-11-12-24-46(60)67-54(3,4)5)65-33-15-13-27-56-53(62)68-55(6,7)8)36-43(40)47-44-34-37-20-16-28-58-30-18-22-41(48(37)58)50(44)66-51-42-23-19-31-59-29-17-21-38(49(42)59)35-45(47)51/h25-26,34-36H,9-24,27-33H2,1-8H3/p+1. The second kappa shape index (κ2) is 21.3. The van der Waals surface area contributed by atoms with Crippen molar-refractivity contribution in [1.82, 2.24) is 14.8 Å². The Kier molecular flexibility index (Phi) is 15.7. The average molecular weight is 968 g/mol. The number of hydrogen-bond acceptors (Lipinski definition) is 10. The number of carbonyl (C=O) groups is 3. The molecule has 8 rings (SSSR count). The van der Waals surface area contributed by atoms with Crippen LogP contribution in [0.25, 0.3) is 5.57 Å². The first kappa shape index (κ1) is 50.7. The van der Waals surface area contributed by atoms with Gasteiger partial charge in [0, 0.05) is 90.7 Å². The van der Waals surface area contributed by atoms with Crippen LogP contribution in [0.15, 0.2) is 30.3 Å². The minimum atomic E-state index is -4.05. The van der Waals surface area contributed by atoms with E-state index in [9.17, 15) is 14.4 Å². The van der Waals surface area contributed by atoms with Gasteiger partial charge in [-0.3, -0.25) is 14.2 Å². The Morgan fingerprint density at radius 2 is 1.42 bits per heavy atom. The van der Waals surface area contributed by atoms with E-state index in [1.807, 2.05) is 72.4 Å². The summed E-state index contributed by atoms with van der Waals surface area (Å²) in [5, 5.41) is 5.45. The van der Waals surface area contributed by atoms with Gasteiger partial charge >= 0.3 is 19.7 Å². The van der Waals surface area contributed by atoms with Crippen molar-refractivity contribution in [2.45, 2.75) is 156 Å². The normalized spacial score (nSPS) is 16.8. The maximum Gasteiger partial charge on any atom is 0.407 e. The lowest BCUT2D eigenvalue weighted by atomic mass is 9.81. The van der Waals surface area contributed by atoms with E-state index in [0.717, 1.165) is 105 Å². The van der Waals surface area contributed by atoms with Crippen LogP contribution in [0.5, 0.6) is 11.5 Å². The lowest BCUT2D eigenvalue weighted by Crippen LogP contribution is -2.45. The summed E-state index contributed by atoms with van der Waals surface area (Å²) in [5.74, 6) is 1.41. The van der Waals surface area contributed by atoms with Crippen molar-refractivity contribution < 1.29 is 42.2 Å². The average Bonchev–Trinajstić information content (AvgIpc) is 3.30. The van der Waals surface area contributed by atoms with Gasteiger partial charge in [0.15, 0.2) is 0 Å². The summed E-state index contributed by atoms with van der Waals surface area (Å²) in [6.07, 6.45) is 10.6. The number of unbranched alkanes of at least 4 members (excludes halogenated alkanes) is 3. The number of anilines is 1. The van der Waals surface area contributed by atoms with E-state index in [0.29, 0.717) is 68.2 Å². The Hall–Kier alpha value is -4.71. The van der Waals surface area contributed by atoms with E-state index in [-0.39, 0.29) is 31.5 Å². The monoisotopic (exact) mass is 968 g/mol. The first-order chi connectivity index (χ1) is 33.0. The molecule has 0 bridgehead atoms. The second-order valence-corrected chi connectivity index (χ2v) is 23.3. The summed E-state index contributed by atoms with van der Waals surface area (Å²) >= 11 is 0. The molecule has 5 heterocycles. The van der Waals surface area contributed by atoms with Crippen molar-refractivity contribution in [3.05, 3.63) is 79.9 Å². The SMILES string of the molecule is CCN(CC)C(=O)c1ccc(P(=O)(OCCCCCC(=O)OC(C)(C)C)OCCCCNC(=O)OC(C)(C)C)cc1C1=c2cc3c4c(c2Oc2c1cc1c5c2CCCN5CCC1)CCC[N+]=4CCC3. The largest absolute Gasteiger partial charge is 0.460 e. The van der Waals surface area contributed by atoms with Crippen molar-refractivity contribution in [1.29, 1.82) is 0 Å². The molecule has 5 aliphatic rings. The molecule has 0 spiro atoms. The fourth-order valence-electron chi connectivity index (χ4n) is 10.8. The van der Waals surface area contributed by atoms with Crippen LogP contribution in [0, 0.1) is 0 Å². The van der Waals surface area contributed by atoms with Gasteiger partial charge in [0.25, 0.3) is 5.91 Å². The predicted molar refractivity (Wildman–Crippen MR) is 271 cm³/mol. The smallest absolute Gasteiger partial charge is 0.407 e. The molecular weight excluding hydrogens is 892 g/mol. The fourth-order valence-corrected chi connectivity index (χ4v) is 12.5. The van der Waals surface area contributed by atoms with Crippen molar-refractivity contribution in [2.24, 2.45) is 0 Å². The van der Waals surface area contributed by atoms with Crippen LogP contribution < -0.4 is 35.4 Å². The van der Waals surface area contributed by atoms with Crippen molar-refractivity contribution in [3.8, 4) is 11.5 Å². The third-order valence-corrected chi connectivity index (χ3v) is 15.7. The van der Waals surface area contributed by atoms with Crippen LogP contribution in [0.3, 0.4) is 0 Å². The lowest BCUT2D eigenvalue weighted by Gasteiger charge is -2.39. The summed E-state index contributed by atoms with van der Waals surface area (Å²) in [5.41, 5.74) is 8.36. The zero-order valence-electron chi connectivity index (χ0n) is 42.6. The molecule has 0 fully saturated rings. The Morgan fingerprint density at radius 1 is 0.754 bits per heavy atom. The molecule has 0 saturated carbocycles. The van der Waals surface area contributed by atoms with Gasteiger partial charge in [0.05, 0.1) is 24.1 Å².